The van der Waals surface area contributed by atoms with Crippen molar-refractivity contribution in [3.63, 3.8) is 0 Å². The molecule has 2 aromatic rings. The fourth-order valence-electron chi connectivity index (χ4n) is 3.67. The molecule has 3 rings (SSSR count). The standard InChI is InChI=1S/C22H26F2N2O2S/c1-14(2)29-20-5-3-4-19(25-20)16-12-17(23)22(18(24)13-16)26-10-8-15(9-11-26)6-7-21(27)28/h3-5,12-15H,6-11H2,1-2H3,(H,27,28). The van der Waals surface area contributed by atoms with Gasteiger partial charge in [0.2, 0.25) is 0 Å². The third-order valence-electron chi connectivity index (χ3n) is 5.09. The van der Waals surface area contributed by atoms with Crippen LogP contribution in [0.3, 0.4) is 0 Å². The average molecular weight is 421 g/mol. The first-order chi connectivity index (χ1) is 13.8. The van der Waals surface area contributed by atoms with Gasteiger partial charge in [0.05, 0.1) is 10.7 Å². The van der Waals surface area contributed by atoms with E-state index in [0.29, 0.717) is 36.0 Å². The molecule has 4 nitrogen and oxygen atoms in total. The van der Waals surface area contributed by atoms with Gasteiger partial charge in [0, 0.05) is 30.3 Å². The molecule has 0 radical (unpaired) electrons. The summed E-state index contributed by atoms with van der Waals surface area (Å²) in [6.07, 6.45) is 2.24. The number of carboxylic acid groups (broad SMARTS) is 1. The first-order valence-electron chi connectivity index (χ1n) is 9.93. The SMILES string of the molecule is CC(C)Sc1cccc(-c2cc(F)c(N3CCC(CCC(=O)O)CC3)c(F)c2)n1. The highest BCUT2D eigenvalue weighted by molar-refractivity contribution is 7.99. The number of hydrogen-bond donors (Lipinski definition) is 1. The lowest BCUT2D eigenvalue weighted by Gasteiger charge is -2.34. The smallest absolute Gasteiger partial charge is 0.303 e. The third-order valence-corrected chi connectivity index (χ3v) is 6.03. The molecule has 0 unspecified atom stereocenters. The molecule has 1 saturated heterocycles. The van der Waals surface area contributed by atoms with Gasteiger partial charge < -0.3 is 10.0 Å². The van der Waals surface area contributed by atoms with Crippen LogP contribution in [0.15, 0.2) is 35.4 Å². The number of nitrogens with zero attached hydrogens (tertiary/aromatic N) is 2. The molecule has 1 aliphatic rings. The van der Waals surface area contributed by atoms with E-state index >= 15 is 0 Å². The number of thioether (sulfide) groups is 1. The molecule has 0 aliphatic carbocycles. The van der Waals surface area contributed by atoms with Crippen LogP contribution < -0.4 is 4.90 Å². The summed E-state index contributed by atoms with van der Waals surface area (Å²) in [4.78, 5) is 17.0. The Morgan fingerprint density at radius 3 is 2.48 bits per heavy atom. The Balaban J connectivity index is 1.74. The third kappa shape index (κ3) is 5.69. The predicted molar refractivity (Wildman–Crippen MR) is 112 cm³/mol. The summed E-state index contributed by atoms with van der Waals surface area (Å²) in [5, 5.41) is 10.0. The maximum absolute atomic E-state index is 14.9. The highest BCUT2D eigenvalue weighted by atomic mass is 32.2. The van der Waals surface area contributed by atoms with Gasteiger partial charge in [0.1, 0.15) is 17.3 Å². The van der Waals surface area contributed by atoms with Crippen LogP contribution in [0.25, 0.3) is 11.3 Å². The topological polar surface area (TPSA) is 53.4 Å². The summed E-state index contributed by atoms with van der Waals surface area (Å²) in [6, 6.07) is 8.19. The van der Waals surface area contributed by atoms with E-state index in [1.807, 2.05) is 12.1 Å². The highest BCUT2D eigenvalue weighted by Gasteiger charge is 2.25. The van der Waals surface area contributed by atoms with Crippen molar-refractivity contribution in [2.45, 2.75) is 49.8 Å². The summed E-state index contributed by atoms with van der Waals surface area (Å²) < 4.78 is 29.7. The maximum atomic E-state index is 14.9. The van der Waals surface area contributed by atoms with Gasteiger partial charge >= 0.3 is 5.97 Å². The lowest BCUT2D eigenvalue weighted by molar-refractivity contribution is -0.137. The van der Waals surface area contributed by atoms with Crippen molar-refractivity contribution in [2.24, 2.45) is 5.92 Å². The van der Waals surface area contributed by atoms with Crippen molar-refractivity contribution in [3.8, 4) is 11.3 Å². The largest absolute Gasteiger partial charge is 0.481 e. The molecular weight excluding hydrogens is 394 g/mol. The van der Waals surface area contributed by atoms with Crippen LogP contribution in [-0.4, -0.2) is 34.4 Å². The molecule has 0 saturated carbocycles. The summed E-state index contributed by atoms with van der Waals surface area (Å²) in [7, 11) is 0. The van der Waals surface area contributed by atoms with Crippen LogP contribution in [0.4, 0.5) is 14.5 Å². The number of carbonyl (C=O) groups is 1. The number of piperidine rings is 1. The summed E-state index contributed by atoms with van der Waals surface area (Å²) in [5.41, 5.74) is 0.969. The molecule has 1 aliphatic heterocycles. The van der Waals surface area contributed by atoms with Crippen molar-refractivity contribution in [1.82, 2.24) is 4.98 Å². The monoisotopic (exact) mass is 420 g/mol. The normalized spacial score (nSPS) is 15.1. The fraction of sp³-hybridized carbons (Fsp3) is 0.455. The molecule has 1 N–H and O–H groups in total. The fourth-order valence-corrected chi connectivity index (χ4v) is 4.46. The Morgan fingerprint density at radius 1 is 1.24 bits per heavy atom. The van der Waals surface area contributed by atoms with E-state index in [4.69, 9.17) is 5.11 Å². The van der Waals surface area contributed by atoms with Crippen molar-refractivity contribution in [1.29, 1.82) is 0 Å². The number of carboxylic acids is 1. The van der Waals surface area contributed by atoms with Crippen LogP contribution in [0.1, 0.15) is 39.5 Å². The number of aliphatic carboxylic acids is 1. The minimum absolute atomic E-state index is 0.00172. The van der Waals surface area contributed by atoms with Gasteiger partial charge in [-0.25, -0.2) is 13.8 Å². The number of hydrogen-bond acceptors (Lipinski definition) is 4. The van der Waals surface area contributed by atoms with Crippen molar-refractivity contribution in [2.75, 3.05) is 18.0 Å². The lowest BCUT2D eigenvalue weighted by atomic mass is 9.92. The van der Waals surface area contributed by atoms with Gasteiger partial charge in [-0.05, 0) is 49.4 Å². The molecule has 0 spiro atoms. The Labute approximate surface area is 174 Å². The molecule has 7 heteroatoms. The van der Waals surface area contributed by atoms with Crippen LogP contribution in [0.2, 0.25) is 0 Å². The van der Waals surface area contributed by atoms with Crippen molar-refractivity contribution in [3.05, 3.63) is 42.0 Å². The number of pyridine rings is 1. The average Bonchev–Trinajstić information content (AvgIpc) is 2.66. The number of rotatable bonds is 7. The first kappa shape index (κ1) is 21.6. The minimum atomic E-state index is -0.801. The molecule has 2 heterocycles. The zero-order chi connectivity index (χ0) is 21.0. The highest BCUT2D eigenvalue weighted by Crippen LogP contribution is 2.33. The molecule has 0 amide bonds. The maximum Gasteiger partial charge on any atom is 0.303 e. The number of anilines is 1. The predicted octanol–water partition coefficient (Wildman–Crippen LogP) is 5.61. The van der Waals surface area contributed by atoms with E-state index < -0.39 is 17.6 Å². The Bertz CT molecular complexity index is 845. The van der Waals surface area contributed by atoms with Crippen LogP contribution in [0.5, 0.6) is 0 Å². The molecular formula is C22H26F2N2O2S. The first-order valence-corrected chi connectivity index (χ1v) is 10.8. The van der Waals surface area contributed by atoms with Gasteiger partial charge in [-0.15, -0.1) is 11.8 Å². The second-order valence-electron chi connectivity index (χ2n) is 7.68. The van der Waals surface area contributed by atoms with Crippen LogP contribution in [-0.2, 0) is 4.79 Å². The van der Waals surface area contributed by atoms with Crippen LogP contribution in [0, 0.1) is 17.6 Å². The molecule has 0 atom stereocenters. The van der Waals surface area contributed by atoms with Crippen molar-refractivity contribution < 1.29 is 18.7 Å². The van der Waals surface area contributed by atoms with E-state index in [1.165, 1.54) is 12.1 Å². The van der Waals surface area contributed by atoms with Crippen molar-refractivity contribution >= 4 is 23.4 Å². The Hall–Kier alpha value is -2.15. The van der Waals surface area contributed by atoms with Gasteiger partial charge in [0.25, 0.3) is 0 Å². The minimum Gasteiger partial charge on any atom is -0.481 e. The molecule has 1 aromatic carbocycles. The number of halogens is 2. The Morgan fingerprint density at radius 2 is 1.90 bits per heavy atom. The second-order valence-corrected chi connectivity index (χ2v) is 9.28. The van der Waals surface area contributed by atoms with Gasteiger partial charge in [0.15, 0.2) is 0 Å². The van der Waals surface area contributed by atoms with Gasteiger partial charge in [-0.2, -0.15) is 0 Å². The molecule has 1 aromatic heterocycles. The van der Waals surface area contributed by atoms with E-state index in [2.05, 4.69) is 18.8 Å². The molecule has 0 bridgehead atoms. The number of aromatic nitrogens is 1. The second kappa shape index (κ2) is 9.57. The van der Waals surface area contributed by atoms with E-state index in [1.54, 1.807) is 22.7 Å². The summed E-state index contributed by atoms with van der Waals surface area (Å²) in [5.74, 6) is -1.69. The Kier molecular flexibility index (Phi) is 7.11. The summed E-state index contributed by atoms with van der Waals surface area (Å²) in [6.45, 7) is 5.18. The van der Waals surface area contributed by atoms with E-state index in [-0.39, 0.29) is 18.0 Å². The number of benzene rings is 1. The molecule has 156 valence electrons. The zero-order valence-corrected chi connectivity index (χ0v) is 17.5. The van der Waals surface area contributed by atoms with E-state index in [9.17, 15) is 13.6 Å². The van der Waals surface area contributed by atoms with Gasteiger partial charge in [-0.3, -0.25) is 4.79 Å². The summed E-state index contributed by atoms with van der Waals surface area (Å²) >= 11 is 1.60. The molecule has 29 heavy (non-hydrogen) atoms. The lowest BCUT2D eigenvalue weighted by Crippen LogP contribution is -2.35. The quantitative estimate of drug-likeness (QED) is 0.590. The van der Waals surface area contributed by atoms with Gasteiger partial charge in [-0.1, -0.05) is 19.9 Å². The zero-order valence-electron chi connectivity index (χ0n) is 16.7. The van der Waals surface area contributed by atoms with E-state index in [0.717, 1.165) is 17.9 Å². The molecule has 1 fully saturated rings. The van der Waals surface area contributed by atoms with Crippen LogP contribution >= 0.6 is 11.8 Å².